The zero-order valence-corrected chi connectivity index (χ0v) is 26.7. The molecule has 0 aliphatic carbocycles. The molecule has 2 aromatic carbocycles. The lowest BCUT2D eigenvalue weighted by Crippen LogP contribution is -2.56. The molecule has 2 N–H and O–H groups in total. The lowest BCUT2D eigenvalue weighted by Gasteiger charge is -2.39. The zero-order valence-electron chi connectivity index (χ0n) is 26.7. The van der Waals surface area contributed by atoms with E-state index < -0.39 is 41.6 Å². The second kappa shape index (κ2) is 17.3. The summed E-state index contributed by atoms with van der Waals surface area (Å²) in [4.78, 5) is 55.0. The molecule has 0 aliphatic heterocycles. The van der Waals surface area contributed by atoms with E-state index in [4.69, 9.17) is 9.47 Å². The van der Waals surface area contributed by atoms with Crippen LogP contribution in [0.2, 0.25) is 0 Å². The van der Waals surface area contributed by atoms with Gasteiger partial charge >= 0.3 is 12.1 Å². The molecule has 3 amide bonds. The number of alkyl carbamates (subject to hydrolysis) is 1. The van der Waals surface area contributed by atoms with Crippen molar-refractivity contribution in [1.82, 2.24) is 15.5 Å². The highest BCUT2D eigenvalue weighted by Gasteiger charge is 2.39. The molecular formula is C34H49N3O6. The van der Waals surface area contributed by atoms with Crippen LogP contribution in [0.15, 0.2) is 60.7 Å². The fourth-order valence-corrected chi connectivity index (χ4v) is 4.68. The number of carbonyl (C=O) groups is 4. The van der Waals surface area contributed by atoms with Crippen LogP contribution in [0, 0.1) is 5.92 Å². The Balaban J connectivity index is 2.54. The van der Waals surface area contributed by atoms with Crippen LogP contribution in [-0.4, -0.2) is 59.6 Å². The average Bonchev–Trinajstić information content (AvgIpc) is 2.94. The lowest BCUT2D eigenvalue weighted by molar-refractivity contribution is -0.146. The van der Waals surface area contributed by atoms with Crippen molar-refractivity contribution < 1.29 is 28.7 Å². The minimum atomic E-state index is -1.00. The summed E-state index contributed by atoms with van der Waals surface area (Å²) in [5.74, 6) is -0.855. The van der Waals surface area contributed by atoms with Gasteiger partial charge in [-0.1, -0.05) is 74.5 Å². The van der Waals surface area contributed by atoms with E-state index in [1.54, 1.807) is 44.7 Å². The number of nitrogens with zero attached hydrogens (tertiary/aromatic N) is 1. The van der Waals surface area contributed by atoms with Crippen molar-refractivity contribution in [1.29, 1.82) is 0 Å². The number of ether oxygens (including phenoxy) is 2. The number of rotatable bonds is 15. The Kier molecular flexibility index (Phi) is 14.2. The summed E-state index contributed by atoms with van der Waals surface area (Å²) in [5.41, 5.74) is 0.707. The zero-order chi connectivity index (χ0) is 32.0. The molecule has 0 fully saturated rings. The summed E-state index contributed by atoms with van der Waals surface area (Å²) in [6.45, 7) is 13.5. The Morgan fingerprint density at radius 1 is 0.884 bits per heavy atom. The number of esters is 1. The second-order valence-electron chi connectivity index (χ2n) is 12.1. The largest absolute Gasteiger partial charge is 0.466 e. The molecule has 0 spiro atoms. The molecule has 0 bridgehead atoms. The van der Waals surface area contributed by atoms with Crippen LogP contribution in [0.4, 0.5) is 4.79 Å². The van der Waals surface area contributed by atoms with Gasteiger partial charge in [-0.25, -0.2) is 4.79 Å². The molecule has 236 valence electrons. The smallest absolute Gasteiger partial charge is 0.408 e. The molecule has 0 radical (unpaired) electrons. The molecule has 3 atom stereocenters. The van der Waals surface area contributed by atoms with Crippen molar-refractivity contribution in [2.75, 3.05) is 13.2 Å². The quantitative estimate of drug-likeness (QED) is 0.260. The monoisotopic (exact) mass is 595 g/mol. The minimum absolute atomic E-state index is 0.00870. The summed E-state index contributed by atoms with van der Waals surface area (Å²) < 4.78 is 10.5. The van der Waals surface area contributed by atoms with Gasteiger partial charge in [-0.05, 0) is 64.5 Å². The first-order valence-electron chi connectivity index (χ1n) is 15.2. The van der Waals surface area contributed by atoms with Gasteiger partial charge in [0.2, 0.25) is 11.8 Å². The van der Waals surface area contributed by atoms with E-state index in [1.807, 2.05) is 55.5 Å². The van der Waals surface area contributed by atoms with Crippen LogP contribution in [0.5, 0.6) is 0 Å². The number of hydrogen-bond acceptors (Lipinski definition) is 6. The molecule has 0 aromatic heterocycles. The van der Waals surface area contributed by atoms with E-state index >= 15 is 0 Å². The predicted molar refractivity (Wildman–Crippen MR) is 167 cm³/mol. The molecule has 3 unspecified atom stereocenters. The first-order chi connectivity index (χ1) is 20.3. The molecule has 43 heavy (non-hydrogen) atoms. The molecule has 9 nitrogen and oxygen atoms in total. The Bertz CT molecular complexity index is 1160. The van der Waals surface area contributed by atoms with Gasteiger partial charge < -0.3 is 25.0 Å². The number of carbonyl (C=O) groups excluding carboxylic acids is 4. The van der Waals surface area contributed by atoms with Crippen LogP contribution in [-0.2, 0) is 30.3 Å². The number of hydrogen-bond donors (Lipinski definition) is 2. The third kappa shape index (κ3) is 12.5. The Morgan fingerprint density at radius 3 is 2.05 bits per heavy atom. The van der Waals surface area contributed by atoms with Gasteiger partial charge in [-0.3, -0.25) is 14.4 Å². The predicted octanol–water partition coefficient (Wildman–Crippen LogP) is 5.59. The summed E-state index contributed by atoms with van der Waals surface area (Å²) in [6.07, 6.45) is 0.979. The fourth-order valence-electron chi connectivity index (χ4n) is 4.68. The maximum Gasteiger partial charge on any atom is 0.408 e. The van der Waals surface area contributed by atoms with Crippen molar-refractivity contribution in [3.63, 3.8) is 0 Å². The van der Waals surface area contributed by atoms with Crippen molar-refractivity contribution >= 4 is 23.9 Å². The lowest BCUT2D eigenvalue weighted by atomic mass is 9.96. The molecule has 0 saturated heterocycles. The van der Waals surface area contributed by atoms with Crippen molar-refractivity contribution in [3.05, 3.63) is 71.8 Å². The number of benzene rings is 2. The third-order valence-corrected chi connectivity index (χ3v) is 6.74. The molecular weight excluding hydrogens is 546 g/mol. The maximum absolute atomic E-state index is 14.6. The third-order valence-electron chi connectivity index (χ3n) is 6.74. The van der Waals surface area contributed by atoms with E-state index in [9.17, 15) is 19.2 Å². The van der Waals surface area contributed by atoms with Crippen LogP contribution in [0.25, 0.3) is 0 Å². The van der Waals surface area contributed by atoms with E-state index in [0.717, 1.165) is 12.0 Å². The summed E-state index contributed by atoms with van der Waals surface area (Å²) in [7, 11) is 0. The van der Waals surface area contributed by atoms with Gasteiger partial charge in [0, 0.05) is 19.0 Å². The SMILES string of the molecule is CCOC(=O)CCNC(=O)C(c1ccccc1)N(C(=O)C(Cc1ccccc1)NC(=O)OC(C)(C)C)C(C)CCC(C)C. The van der Waals surface area contributed by atoms with E-state index in [0.29, 0.717) is 17.9 Å². The van der Waals surface area contributed by atoms with Gasteiger partial charge in [-0.15, -0.1) is 0 Å². The van der Waals surface area contributed by atoms with Crippen molar-refractivity contribution in [2.24, 2.45) is 5.92 Å². The van der Waals surface area contributed by atoms with Gasteiger partial charge in [-0.2, -0.15) is 0 Å². The molecule has 2 aromatic rings. The normalized spacial score (nSPS) is 13.4. The summed E-state index contributed by atoms with van der Waals surface area (Å²) >= 11 is 0. The van der Waals surface area contributed by atoms with Crippen molar-refractivity contribution in [3.8, 4) is 0 Å². The van der Waals surface area contributed by atoms with E-state index in [2.05, 4.69) is 24.5 Å². The fraction of sp³-hybridized carbons (Fsp3) is 0.529. The Hall–Kier alpha value is -3.88. The topological polar surface area (TPSA) is 114 Å². The number of nitrogens with one attached hydrogen (secondary N) is 2. The molecule has 2 rings (SSSR count). The summed E-state index contributed by atoms with van der Waals surface area (Å²) in [6, 6.07) is 16.1. The van der Waals surface area contributed by atoms with Crippen molar-refractivity contribution in [2.45, 2.75) is 97.9 Å². The average molecular weight is 596 g/mol. The van der Waals surface area contributed by atoms with Crippen LogP contribution >= 0.6 is 0 Å². The van der Waals surface area contributed by atoms with E-state index in [1.165, 1.54) is 0 Å². The highest BCUT2D eigenvalue weighted by atomic mass is 16.6. The Labute approximate surface area is 256 Å². The first-order valence-corrected chi connectivity index (χ1v) is 15.2. The number of amides is 3. The van der Waals surface area contributed by atoms with Gasteiger partial charge in [0.1, 0.15) is 17.7 Å². The van der Waals surface area contributed by atoms with Crippen LogP contribution < -0.4 is 10.6 Å². The highest BCUT2D eigenvalue weighted by Crippen LogP contribution is 2.28. The van der Waals surface area contributed by atoms with Gasteiger partial charge in [0.25, 0.3) is 0 Å². The van der Waals surface area contributed by atoms with Gasteiger partial charge in [0.05, 0.1) is 13.0 Å². The van der Waals surface area contributed by atoms with E-state index in [-0.39, 0.29) is 32.0 Å². The molecule has 9 heteroatoms. The summed E-state index contributed by atoms with van der Waals surface area (Å²) in [5, 5.41) is 5.63. The van der Waals surface area contributed by atoms with Gasteiger partial charge in [0.15, 0.2) is 0 Å². The minimum Gasteiger partial charge on any atom is -0.466 e. The maximum atomic E-state index is 14.6. The second-order valence-corrected chi connectivity index (χ2v) is 12.1. The molecule has 0 saturated carbocycles. The van der Waals surface area contributed by atoms with Crippen LogP contribution in [0.1, 0.15) is 84.9 Å². The van der Waals surface area contributed by atoms with Crippen LogP contribution in [0.3, 0.4) is 0 Å². The molecule has 0 heterocycles. The first kappa shape index (κ1) is 35.3. The standard InChI is InChI=1S/C34H49N3O6/c1-8-42-29(38)21-22-35-31(39)30(27-17-13-10-14-18-27)37(25(4)20-19-24(2)3)32(40)28(23-26-15-11-9-12-16-26)36-33(41)43-34(5,6)7/h9-18,24-25,28,30H,8,19-23H2,1-7H3,(H,35,39)(H,36,41). The Morgan fingerprint density at radius 2 is 1.49 bits per heavy atom. The highest BCUT2D eigenvalue weighted by molar-refractivity contribution is 5.92. The molecule has 0 aliphatic rings.